The Balaban J connectivity index is 1.27. The lowest BCUT2D eigenvalue weighted by molar-refractivity contribution is -0.115. The van der Waals surface area contributed by atoms with E-state index in [0.29, 0.717) is 29.2 Å². The molecular formula is C30H30FN3O4S2. The summed E-state index contributed by atoms with van der Waals surface area (Å²) in [4.78, 5) is 40.5. The molecule has 0 radical (unpaired) electrons. The number of para-hydroxylation sites is 1. The zero-order valence-corrected chi connectivity index (χ0v) is 23.9. The molecule has 1 aliphatic carbocycles. The van der Waals surface area contributed by atoms with E-state index >= 15 is 0 Å². The van der Waals surface area contributed by atoms with E-state index in [2.05, 4.69) is 15.2 Å². The Morgan fingerprint density at radius 3 is 2.67 bits per heavy atom. The van der Waals surface area contributed by atoms with Crippen LogP contribution < -0.4 is 10.6 Å². The number of benzene rings is 2. The number of aromatic nitrogens is 1. The first-order chi connectivity index (χ1) is 19.4. The minimum atomic E-state index is -0.426. The minimum Gasteiger partial charge on any atom is -0.462 e. The smallest absolute Gasteiger partial charge is 0.341 e. The molecule has 0 saturated carbocycles. The number of nitrogens with one attached hydrogen (secondary N) is 2. The third-order valence-electron chi connectivity index (χ3n) is 6.81. The number of esters is 1. The molecule has 2 N–H and O–H groups in total. The van der Waals surface area contributed by atoms with Crippen LogP contribution in [0.4, 0.5) is 9.39 Å². The fourth-order valence-corrected chi connectivity index (χ4v) is 7.17. The van der Waals surface area contributed by atoms with Gasteiger partial charge in [-0.3, -0.25) is 9.59 Å². The predicted molar refractivity (Wildman–Crippen MR) is 157 cm³/mol. The maximum atomic E-state index is 13.3. The lowest BCUT2D eigenvalue weighted by Crippen LogP contribution is -2.27. The van der Waals surface area contributed by atoms with Crippen molar-refractivity contribution in [2.24, 2.45) is 0 Å². The first kappa shape index (κ1) is 27.9. The van der Waals surface area contributed by atoms with E-state index in [1.165, 1.54) is 47.4 Å². The topological polar surface area (TPSA) is 89.4 Å². The van der Waals surface area contributed by atoms with Crippen molar-refractivity contribution in [3.05, 3.63) is 82.1 Å². The molecule has 0 bridgehead atoms. The van der Waals surface area contributed by atoms with Crippen LogP contribution in [0.1, 0.15) is 51.4 Å². The van der Waals surface area contributed by atoms with Gasteiger partial charge in [0.05, 0.1) is 17.4 Å². The van der Waals surface area contributed by atoms with Crippen LogP contribution in [-0.4, -0.2) is 40.8 Å². The molecule has 1 aliphatic rings. The lowest BCUT2D eigenvalue weighted by atomic mass is 10.1. The van der Waals surface area contributed by atoms with E-state index in [1.807, 2.05) is 37.4 Å². The van der Waals surface area contributed by atoms with Gasteiger partial charge in [0, 0.05) is 45.5 Å². The number of hydrogen-bond donors (Lipinski definition) is 2. The number of aryl methyl sites for hydroxylation is 1. The molecule has 7 nitrogen and oxygen atoms in total. The van der Waals surface area contributed by atoms with Crippen molar-refractivity contribution in [1.29, 1.82) is 0 Å². The Morgan fingerprint density at radius 1 is 1.12 bits per heavy atom. The number of anilines is 1. The molecule has 208 valence electrons. The molecule has 0 spiro atoms. The summed E-state index contributed by atoms with van der Waals surface area (Å²) >= 11 is 2.92. The van der Waals surface area contributed by atoms with Crippen molar-refractivity contribution in [1.82, 2.24) is 9.88 Å². The molecule has 2 heterocycles. The molecule has 0 aliphatic heterocycles. The van der Waals surface area contributed by atoms with Crippen LogP contribution in [0.3, 0.4) is 0 Å². The molecular weight excluding hydrogens is 549 g/mol. The summed E-state index contributed by atoms with van der Waals surface area (Å²) in [6, 6.07) is 13.4. The van der Waals surface area contributed by atoms with Gasteiger partial charge in [-0.05, 0) is 69.0 Å². The maximum Gasteiger partial charge on any atom is 0.341 e. The van der Waals surface area contributed by atoms with Crippen molar-refractivity contribution in [3.8, 4) is 0 Å². The molecule has 2 aromatic carbocycles. The van der Waals surface area contributed by atoms with Crippen molar-refractivity contribution in [2.45, 2.75) is 49.8 Å². The van der Waals surface area contributed by atoms with Gasteiger partial charge in [0.25, 0.3) is 5.91 Å². The molecule has 2 amide bonds. The number of ether oxygens (including phenoxy) is 1. The average molecular weight is 580 g/mol. The SMILES string of the molecule is CCOC(=O)c1c(NC(=O)[C@H](C)Sc2cn(CCNC(=O)c3ccc(F)cc3)c3ccccc23)sc2c1CCC2. The normalized spacial score (nSPS) is 13.2. The monoisotopic (exact) mass is 579 g/mol. The molecule has 0 unspecified atom stereocenters. The van der Waals surface area contributed by atoms with E-state index in [4.69, 9.17) is 4.74 Å². The van der Waals surface area contributed by atoms with Crippen LogP contribution >= 0.6 is 23.1 Å². The molecule has 4 aromatic rings. The summed E-state index contributed by atoms with van der Waals surface area (Å²) in [5.41, 5.74) is 2.91. The second-order valence-corrected chi connectivity index (χ2v) is 12.0. The second kappa shape index (κ2) is 12.3. The highest BCUT2D eigenvalue weighted by Gasteiger charge is 2.29. The van der Waals surface area contributed by atoms with E-state index in [1.54, 1.807) is 6.92 Å². The highest BCUT2D eigenvalue weighted by Crippen LogP contribution is 2.40. The third kappa shape index (κ3) is 5.93. The highest BCUT2D eigenvalue weighted by atomic mass is 32.2. The van der Waals surface area contributed by atoms with Crippen molar-refractivity contribution in [2.75, 3.05) is 18.5 Å². The number of rotatable bonds is 10. The number of carbonyl (C=O) groups is 3. The van der Waals surface area contributed by atoms with Crippen LogP contribution in [0, 0.1) is 5.82 Å². The summed E-state index contributed by atoms with van der Waals surface area (Å²) in [5.74, 6) is -1.22. The van der Waals surface area contributed by atoms with Gasteiger partial charge in [-0.15, -0.1) is 23.1 Å². The fraction of sp³-hybridized carbons (Fsp3) is 0.300. The fourth-order valence-electron chi connectivity index (χ4n) is 4.85. The van der Waals surface area contributed by atoms with Crippen LogP contribution in [-0.2, 0) is 28.9 Å². The van der Waals surface area contributed by atoms with Gasteiger partial charge < -0.3 is 19.9 Å². The van der Waals surface area contributed by atoms with Crippen molar-refractivity contribution >= 4 is 56.8 Å². The van der Waals surface area contributed by atoms with Gasteiger partial charge in [0.2, 0.25) is 5.91 Å². The number of hydrogen-bond acceptors (Lipinski definition) is 6. The third-order valence-corrected chi connectivity index (χ3v) is 9.16. The Kier molecular flexibility index (Phi) is 8.56. The largest absolute Gasteiger partial charge is 0.462 e. The zero-order chi connectivity index (χ0) is 28.2. The van der Waals surface area contributed by atoms with Crippen LogP contribution in [0.25, 0.3) is 10.9 Å². The van der Waals surface area contributed by atoms with Gasteiger partial charge in [-0.1, -0.05) is 18.2 Å². The van der Waals surface area contributed by atoms with Gasteiger partial charge in [-0.2, -0.15) is 0 Å². The number of amides is 2. The van der Waals surface area contributed by atoms with Crippen LogP contribution in [0.2, 0.25) is 0 Å². The van der Waals surface area contributed by atoms with Crippen molar-refractivity contribution in [3.63, 3.8) is 0 Å². The minimum absolute atomic E-state index is 0.182. The molecule has 40 heavy (non-hydrogen) atoms. The van der Waals surface area contributed by atoms with E-state index in [9.17, 15) is 18.8 Å². The van der Waals surface area contributed by atoms with E-state index < -0.39 is 5.25 Å². The van der Waals surface area contributed by atoms with Gasteiger partial charge >= 0.3 is 5.97 Å². The van der Waals surface area contributed by atoms with E-state index in [0.717, 1.165) is 45.5 Å². The van der Waals surface area contributed by atoms with Crippen molar-refractivity contribution < 1.29 is 23.5 Å². The number of thioether (sulfide) groups is 1. The Labute approximate surface area is 240 Å². The highest BCUT2D eigenvalue weighted by molar-refractivity contribution is 8.00. The summed E-state index contributed by atoms with van der Waals surface area (Å²) < 4.78 is 20.5. The first-order valence-corrected chi connectivity index (χ1v) is 15.0. The quantitative estimate of drug-likeness (QED) is 0.176. The number of nitrogens with zero attached hydrogens (tertiary/aromatic N) is 1. The number of carbonyl (C=O) groups excluding carboxylic acids is 3. The molecule has 10 heteroatoms. The molecule has 2 aromatic heterocycles. The molecule has 5 rings (SSSR count). The zero-order valence-electron chi connectivity index (χ0n) is 22.3. The Hall–Kier alpha value is -3.63. The molecule has 0 fully saturated rings. The Bertz CT molecular complexity index is 1560. The number of halogens is 1. The Morgan fingerprint density at radius 2 is 1.90 bits per heavy atom. The standard InChI is InChI=1S/C30H30FN3O4S2/c1-3-38-30(37)26-22-8-6-10-24(22)40-29(26)33-27(35)18(2)39-25-17-34(23-9-5-4-7-21(23)25)16-15-32-28(36)19-11-13-20(31)14-12-19/h4-5,7,9,11-14,17-18H,3,6,8,10,15-16H2,1-2H3,(H,32,36)(H,33,35)/t18-/m0/s1. The van der Waals surface area contributed by atoms with Crippen LogP contribution in [0.5, 0.6) is 0 Å². The van der Waals surface area contributed by atoms with Crippen LogP contribution in [0.15, 0.2) is 59.6 Å². The van der Waals surface area contributed by atoms with E-state index in [-0.39, 0.29) is 30.2 Å². The van der Waals surface area contributed by atoms with Gasteiger partial charge in [0.1, 0.15) is 10.8 Å². The summed E-state index contributed by atoms with van der Waals surface area (Å²) in [6.45, 7) is 4.81. The number of thiophene rings is 1. The maximum absolute atomic E-state index is 13.3. The summed E-state index contributed by atoms with van der Waals surface area (Å²) in [5, 5.41) is 7.03. The average Bonchev–Trinajstić information content (AvgIpc) is 3.62. The summed E-state index contributed by atoms with van der Waals surface area (Å²) in [6.07, 6.45) is 4.74. The van der Waals surface area contributed by atoms with Gasteiger partial charge in [-0.25, -0.2) is 9.18 Å². The first-order valence-electron chi connectivity index (χ1n) is 13.3. The van der Waals surface area contributed by atoms with Gasteiger partial charge in [0.15, 0.2) is 0 Å². The number of fused-ring (bicyclic) bond motifs is 2. The lowest BCUT2D eigenvalue weighted by Gasteiger charge is -2.12. The second-order valence-electron chi connectivity index (χ2n) is 9.50. The predicted octanol–water partition coefficient (Wildman–Crippen LogP) is 6.06. The summed E-state index contributed by atoms with van der Waals surface area (Å²) in [7, 11) is 0. The molecule has 1 atom stereocenters. The molecule has 0 saturated heterocycles.